The molecule has 0 amide bonds. The molecule has 1 N–H and O–H groups in total. The van der Waals surface area contributed by atoms with Crippen LogP contribution in [0.5, 0.6) is 0 Å². The maximum atomic E-state index is 12.2. The standard InChI is InChI=1S/C19H23O5P/c1-4-8-15-11-13-16(14-12-15)18(20)23-25(21,22)24-19(2,3)17-9-6-5-7-10-17/h5-7,9-14H,4,8H2,1-3H3,(H,21,22). The number of hydrogen-bond acceptors (Lipinski definition) is 4. The largest absolute Gasteiger partial charge is 0.530 e. The highest BCUT2D eigenvalue weighted by Gasteiger charge is 2.36. The molecule has 0 aliphatic carbocycles. The molecule has 0 radical (unpaired) electrons. The van der Waals surface area contributed by atoms with E-state index in [2.05, 4.69) is 6.92 Å². The summed E-state index contributed by atoms with van der Waals surface area (Å²) in [6, 6.07) is 15.7. The van der Waals surface area contributed by atoms with E-state index < -0.39 is 19.4 Å². The Hall–Kier alpha value is -1.94. The van der Waals surface area contributed by atoms with Crippen LogP contribution in [0.3, 0.4) is 0 Å². The van der Waals surface area contributed by atoms with E-state index in [1.807, 2.05) is 6.07 Å². The lowest BCUT2D eigenvalue weighted by molar-refractivity contribution is 0.0383. The molecule has 0 aliphatic heterocycles. The summed E-state index contributed by atoms with van der Waals surface area (Å²) in [6.07, 6.45) is 1.90. The molecule has 0 bridgehead atoms. The second-order valence-electron chi connectivity index (χ2n) is 6.26. The average Bonchev–Trinajstić information content (AvgIpc) is 2.55. The fraction of sp³-hybridized carbons (Fsp3) is 0.316. The molecule has 2 rings (SSSR count). The number of phosphoric acid groups is 1. The van der Waals surface area contributed by atoms with Gasteiger partial charge in [-0.3, -0.25) is 9.42 Å². The SMILES string of the molecule is CCCc1ccc(C(=O)OP(=O)(O)OC(C)(C)c2ccccc2)cc1. The molecule has 0 spiro atoms. The van der Waals surface area contributed by atoms with Crippen LogP contribution in [0.1, 0.15) is 48.7 Å². The van der Waals surface area contributed by atoms with Gasteiger partial charge in [0.25, 0.3) is 0 Å². The van der Waals surface area contributed by atoms with E-state index in [1.54, 1.807) is 62.4 Å². The Kier molecular flexibility index (Phi) is 6.17. The molecule has 1 atom stereocenters. The molecule has 0 fully saturated rings. The maximum absolute atomic E-state index is 12.2. The first-order valence-corrected chi connectivity index (χ1v) is 9.65. The first-order chi connectivity index (χ1) is 11.7. The Morgan fingerprint density at radius 2 is 1.68 bits per heavy atom. The second kappa shape index (κ2) is 7.96. The van der Waals surface area contributed by atoms with Crippen LogP contribution in [0.4, 0.5) is 0 Å². The first-order valence-electron chi connectivity index (χ1n) is 8.15. The third-order valence-electron chi connectivity index (χ3n) is 3.74. The number of rotatable bonds is 7. The monoisotopic (exact) mass is 362 g/mol. The van der Waals surface area contributed by atoms with Gasteiger partial charge >= 0.3 is 13.8 Å². The Morgan fingerprint density at radius 3 is 2.24 bits per heavy atom. The number of phosphoric ester groups is 1. The van der Waals surface area contributed by atoms with E-state index in [1.165, 1.54) is 0 Å². The van der Waals surface area contributed by atoms with E-state index in [0.29, 0.717) is 5.56 Å². The minimum absolute atomic E-state index is 0.204. The summed E-state index contributed by atoms with van der Waals surface area (Å²) in [4.78, 5) is 22.1. The topological polar surface area (TPSA) is 72.8 Å². The smallest absolute Gasteiger partial charge is 0.367 e. The summed E-state index contributed by atoms with van der Waals surface area (Å²) < 4.78 is 22.2. The van der Waals surface area contributed by atoms with Crippen molar-refractivity contribution in [3.8, 4) is 0 Å². The van der Waals surface area contributed by atoms with Gasteiger partial charge < -0.3 is 4.52 Å². The van der Waals surface area contributed by atoms with Crippen molar-refractivity contribution in [2.75, 3.05) is 0 Å². The molecule has 0 aliphatic rings. The van der Waals surface area contributed by atoms with Crippen molar-refractivity contribution in [1.29, 1.82) is 0 Å². The van der Waals surface area contributed by atoms with Gasteiger partial charge in [-0.25, -0.2) is 9.36 Å². The van der Waals surface area contributed by atoms with Crippen LogP contribution in [0, 0.1) is 0 Å². The van der Waals surface area contributed by atoms with Gasteiger partial charge in [0.1, 0.15) is 5.60 Å². The highest BCUT2D eigenvalue weighted by Crippen LogP contribution is 2.50. The minimum Gasteiger partial charge on any atom is -0.367 e. The lowest BCUT2D eigenvalue weighted by Gasteiger charge is -2.27. The predicted molar refractivity (Wildman–Crippen MR) is 96.2 cm³/mol. The molecule has 0 saturated carbocycles. The zero-order valence-electron chi connectivity index (χ0n) is 14.6. The van der Waals surface area contributed by atoms with E-state index in [-0.39, 0.29) is 5.56 Å². The van der Waals surface area contributed by atoms with E-state index in [4.69, 9.17) is 9.05 Å². The van der Waals surface area contributed by atoms with Crippen molar-refractivity contribution in [1.82, 2.24) is 0 Å². The van der Waals surface area contributed by atoms with Gasteiger partial charge in [-0.15, -0.1) is 0 Å². The highest BCUT2D eigenvalue weighted by atomic mass is 31.2. The first kappa shape index (κ1) is 19.4. The zero-order valence-corrected chi connectivity index (χ0v) is 15.5. The normalized spacial score (nSPS) is 13.9. The molecule has 25 heavy (non-hydrogen) atoms. The zero-order chi connectivity index (χ0) is 18.5. The minimum atomic E-state index is -4.58. The predicted octanol–water partition coefficient (Wildman–Crippen LogP) is 4.85. The third kappa shape index (κ3) is 5.53. The fourth-order valence-corrected chi connectivity index (χ4v) is 3.49. The second-order valence-corrected chi connectivity index (χ2v) is 7.56. The van der Waals surface area contributed by atoms with Crippen LogP contribution in [0.15, 0.2) is 54.6 Å². The number of carbonyl (C=O) groups excluding carboxylic acids is 1. The van der Waals surface area contributed by atoms with Crippen molar-refractivity contribution in [3.63, 3.8) is 0 Å². The Morgan fingerprint density at radius 1 is 1.08 bits per heavy atom. The van der Waals surface area contributed by atoms with Crippen molar-refractivity contribution in [3.05, 3.63) is 71.3 Å². The molecule has 2 aromatic carbocycles. The van der Waals surface area contributed by atoms with Gasteiger partial charge in [-0.1, -0.05) is 55.8 Å². The Bertz CT molecular complexity index is 753. The quantitative estimate of drug-likeness (QED) is 0.713. The van der Waals surface area contributed by atoms with Gasteiger partial charge in [0, 0.05) is 0 Å². The Labute approximate surface area is 148 Å². The fourth-order valence-electron chi connectivity index (χ4n) is 2.45. The van der Waals surface area contributed by atoms with Crippen LogP contribution >= 0.6 is 7.82 Å². The molecule has 0 aromatic heterocycles. The lowest BCUT2D eigenvalue weighted by atomic mass is 9.99. The van der Waals surface area contributed by atoms with Crippen LogP contribution in [0.2, 0.25) is 0 Å². The molecular formula is C19H23O5P. The van der Waals surface area contributed by atoms with Crippen LogP contribution in [-0.2, 0) is 25.6 Å². The molecule has 2 aromatic rings. The van der Waals surface area contributed by atoms with E-state index >= 15 is 0 Å². The van der Waals surface area contributed by atoms with Crippen molar-refractivity contribution < 1.29 is 23.3 Å². The van der Waals surface area contributed by atoms with Crippen molar-refractivity contribution in [2.45, 2.75) is 39.2 Å². The van der Waals surface area contributed by atoms with Gasteiger partial charge in [-0.05, 0) is 43.5 Å². The van der Waals surface area contributed by atoms with Gasteiger partial charge in [0.05, 0.1) is 5.56 Å². The van der Waals surface area contributed by atoms with Gasteiger partial charge in [0.2, 0.25) is 0 Å². The molecule has 0 saturated heterocycles. The van der Waals surface area contributed by atoms with E-state index in [9.17, 15) is 14.3 Å². The molecule has 5 nitrogen and oxygen atoms in total. The molecule has 6 heteroatoms. The summed E-state index contributed by atoms with van der Waals surface area (Å²) >= 11 is 0. The summed E-state index contributed by atoms with van der Waals surface area (Å²) in [6.45, 7) is 5.34. The average molecular weight is 362 g/mol. The number of hydrogen-bond donors (Lipinski definition) is 1. The number of benzene rings is 2. The number of carbonyl (C=O) groups is 1. The third-order valence-corrected chi connectivity index (χ3v) is 4.82. The maximum Gasteiger partial charge on any atom is 0.530 e. The summed E-state index contributed by atoms with van der Waals surface area (Å²) in [5.74, 6) is -0.891. The number of aryl methyl sites for hydroxylation is 1. The molecule has 0 heterocycles. The molecule has 134 valence electrons. The van der Waals surface area contributed by atoms with Crippen molar-refractivity contribution >= 4 is 13.8 Å². The van der Waals surface area contributed by atoms with E-state index in [0.717, 1.165) is 18.4 Å². The van der Waals surface area contributed by atoms with Crippen LogP contribution < -0.4 is 0 Å². The van der Waals surface area contributed by atoms with Gasteiger partial charge in [0.15, 0.2) is 0 Å². The van der Waals surface area contributed by atoms with Crippen molar-refractivity contribution in [2.24, 2.45) is 0 Å². The summed E-state index contributed by atoms with van der Waals surface area (Å²) in [5, 5.41) is 0. The van der Waals surface area contributed by atoms with Crippen LogP contribution in [-0.4, -0.2) is 10.9 Å². The Balaban J connectivity index is 2.07. The molecule has 1 unspecified atom stereocenters. The summed E-state index contributed by atoms with van der Waals surface area (Å²) in [7, 11) is -4.58. The summed E-state index contributed by atoms with van der Waals surface area (Å²) in [5.41, 5.74) is 0.906. The van der Waals surface area contributed by atoms with Gasteiger partial charge in [-0.2, -0.15) is 0 Å². The van der Waals surface area contributed by atoms with Crippen LogP contribution in [0.25, 0.3) is 0 Å². The molecular weight excluding hydrogens is 339 g/mol. The lowest BCUT2D eigenvalue weighted by Crippen LogP contribution is -2.21. The highest BCUT2D eigenvalue weighted by molar-refractivity contribution is 7.48.